The lowest BCUT2D eigenvalue weighted by molar-refractivity contribution is 0.393. The van der Waals surface area contributed by atoms with Crippen LogP contribution in [0.4, 0.5) is 5.82 Å². The Kier molecular flexibility index (Phi) is 4.07. The first-order valence-electron chi connectivity index (χ1n) is 9.42. The van der Waals surface area contributed by atoms with Gasteiger partial charge in [-0.05, 0) is 34.9 Å². The highest BCUT2D eigenvalue weighted by Crippen LogP contribution is 2.47. The van der Waals surface area contributed by atoms with Crippen molar-refractivity contribution in [2.75, 3.05) is 11.9 Å². The summed E-state index contributed by atoms with van der Waals surface area (Å²) in [6.45, 7) is 5.49. The number of hydrogen-bond donors (Lipinski definition) is 0. The Morgan fingerprint density at radius 1 is 1.11 bits per heavy atom. The summed E-state index contributed by atoms with van der Waals surface area (Å²) >= 11 is 7.96. The van der Waals surface area contributed by atoms with E-state index >= 15 is 0 Å². The Bertz CT molecular complexity index is 1200. The van der Waals surface area contributed by atoms with E-state index in [1.807, 2.05) is 0 Å². The Hall–Kier alpha value is -2.24. The highest BCUT2D eigenvalue weighted by atomic mass is 35.5. The maximum absolute atomic E-state index is 6.37. The predicted octanol–water partition coefficient (Wildman–Crippen LogP) is 5.65. The van der Waals surface area contributed by atoms with Crippen LogP contribution in [0.3, 0.4) is 0 Å². The highest BCUT2D eigenvalue weighted by Gasteiger charge is 2.35. The molecule has 1 aliphatic rings. The van der Waals surface area contributed by atoms with Gasteiger partial charge in [0.15, 0.2) is 0 Å². The van der Waals surface area contributed by atoms with Crippen LogP contribution in [-0.4, -0.2) is 22.0 Å². The van der Waals surface area contributed by atoms with Crippen molar-refractivity contribution in [1.82, 2.24) is 15.0 Å². The SMILES string of the molecule is CN(Cc1ccccc1)c1nc2sc3c(Cl)ncnc3c2c2c1CC(C)(C)C2. The number of anilines is 1. The van der Waals surface area contributed by atoms with Gasteiger partial charge >= 0.3 is 0 Å². The minimum atomic E-state index is 0.214. The molecule has 0 fully saturated rings. The summed E-state index contributed by atoms with van der Waals surface area (Å²) in [5.41, 5.74) is 5.17. The van der Waals surface area contributed by atoms with Crippen LogP contribution >= 0.6 is 22.9 Å². The van der Waals surface area contributed by atoms with Gasteiger partial charge in [0.25, 0.3) is 0 Å². The first kappa shape index (κ1) is 17.8. The maximum atomic E-state index is 6.37. The monoisotopic (exact) mass is 408 g/mol. The molecule has 0 unspecified atom stereocenters. The summed E-state index contributed by atoms with van der Waals surface area (Å²) in [6.07, 6.45) is 3.61. The molecule has 1 aliphatic carbocycles. The number of rotatable bonds is 3. The largest absolute Gasteiger partial charge is 0.355 e. The van der Waals surface area contributed by atoms with E-state index < -0.39 is 0 Å². The Labute approximate surface area is 173 Å². The van der Waals surface area contributed by atoms with Crippen LogP contribution in [0.1, 0.15) is 30.5 Å². The third-order valence-corrected chi connectivity index (χ3v) is 6.97. The molecule has 3 heterocycles. The zero-order chi connectivity index (χ0) is 19.5. The fourth-order valence-electron chi connectivity index (χ4n) is 4.32. The molecule has 142 valence electrons. The lowest BCUT2D eigenvalue weighted by Crippen LogP contribution is -2.20. The second kappa shape index (κ2) is 6.39. The van der Waals surface area contributed by atoms with Gasteiger partial charge in [-0.2, -0.15) is 0 Å². The fraction of sp³-hybridized carbons (Fsp3) is 0.318. The van der Waals surface area contributed by atoms with E-state index in [9.17, 15) is 0 Å². The van der Waals surface area contributed by atoms with Crippen molar-refractivity contribution in [3.63, 3.8) is 0 Å². The molecule has 0 bridgehead atoms. The number of fused-ring (bicyclic) bond motifs is 5. The second-order valence-electron chi connectivity index (χ2n) is 8.38. The standard InChI is InChI=1S/C22H21ClN4S/c1-22(2)9-14-15(10-22)20(27(3)11-13-7-5-4-6-8-13)26-21-16(14)17-18(28-21)19(23)25-12-24-17/h4-8,12H,9-11H2,1-3H3. The fourth-order valence-corrected chi connectivity index (χ4v) is 5.60. The number of aromatic nitrogens is 3. The topological polar surface area (TPSA) is 41.9 Å². The first-order chi connectivity index (χ1) is 13.4. The molecule has 0 saturated heterocycles. The summed E-state index contributed by atoms with van der Waals surface area (Å²) < 4.78 is 0.932. The summed E-state index contributed by atoms with van der Waals surface area (Å²) in [6, 6.07) is 10.5. The van der Waals surface area contributed by atoms with Gasteiger partial charge in [-0.15, -0.1) is 11.3 Å². The molecule has 1 aromatic carbocycles. The zero-order valence-corrected chi connectivity index (χ0v) is 17.7. The summed E-state index contributed by atoms with van der Waals surface area (Å²) in [5.74, 6) is 1.08. The van der Waals surface area contributed by atoms with E-state index in [4.69, 9.17) is 16.6 Å². The summed E-state index contributed by atoms with van der Waals surface area (Å²) in [7, 11) is 2.13. The second-order valence-corrected chi connectivity index (χ2v) is 9.73. The Morgan fingerprint density at radius 2 is 1.86 bits per heavy atom. The quantitative estimate of drug-likeness (QED) is 0.410. The minimum absolute atomic E-state index is 0.214. The average molecular weight is 409 g/mol. The van der Waals surface area contributed by atoms with Gasteiger partial charge in [0.05, 0.1) is 10.2 Å². The van der Waals surface area contributed by atoms with Gasteiger partial charge in [0.1, 0.15) is 22.1 Å². The molecule has 5 rings (SSSR count). The minimum Gasteiger partial charge on any atom is -0.355 e. The first-order valence-corrected chi connectivity index (χ1v) is 10.6. The molecule has 4 aromatic rings. The van der Waals surface area contributed by atoms with Crippen molar-refractivity contribution in [3.8, 4) is 0 Å². The van der Waals surface area contributed by atoms with Crippen LogP contribution in [0.25, 0.3) is 20.4 Å². The van der Waals surface area contributed by atoms with Gasteiger partial charge in [-0.1, -0.05) is 55.8 Å². The molecule has 0 N–H and O–H groups in total. The van der Waals surface area contributed by atoms with Gasteiger partial charge in [-0.3, -0.25) is 0 Å². The van der Waals surface area contributed by atoms with Crippen LogP contribution in [-0.2, 0) is 19.4 Å². The number of nitrogens with zero attached hydrogens (tertiary/aromatic N) is 4. The van der Waals surface area contributed by atoms with Crippen molar-refractivity contribution >= 4 is 49.2 Å². The van der Waals surface area contributed by atoms with Crippen LogP contribution in [0, 0.1) is 5.41 Å². The molecular formula is C22H21ClN4S. The molecule has 0 atom stereocenters. The van der Waals surface area contributed by atoms with Crippen molar-refractivity contribution in [1.29, 1.82) is 0 Å². The van der Waals surface area contributed by atoms with E-state index in [0.29, 0.717) is 5.15 Å². The van der Waals surface area contributed by atoms with Crippen molar-refractivity contribution in [2.24, 2.45) is 5.41 Å². The molecule has 4 nitrogen and oxygen atoms in total. The van der Waals surface area contributed by atoms with Gasteiger partial charge < -0.3 is 4.90 Å². The number of pyridine rings is 1. The van der Waals surface area contributed by atoms with Crippen LogP contribution < -0.4 is 4.90 Å². The van der Waals surface area contributed by atoms with Gasteiger partial charge in [0, 0.05) is 19.0 Å². The lowest BCUT2D eigenvalue weighted by Gasteiger charge is -2.22. The Balaban J connectivity index is 1.72. The maximum Gasteiger partial charge on any atom is 0.150 e. The van der Waals surface area contributed by atoms with Crippen molar-refractivity contribution in [3.05, 3.63) is 58.5 Å². The van der Waals surface area contributed by atoms with Crippen molar-refractivity contribution < 1.29 is 0 Å². The van der Waals surface area contributed by atoms with Crippen LogP contribution in [0.15, 0.2) is 36.7 Å². The molecule has 0 aliphatic heterocycles. The van der Waals surface area contributed by atoms with E-state index in [2.05, 4.69) is 66.1 Å². The van der Waals surface area contributed by atoms with E-state index in [-0.39, 0.29) is 5.41 Å². The smallest absolute Gasteiger partial charge is 0.150 e. The lowest BCUT2D eigenvalue weighted by atomic mass is 9.90. The van der Waals surface area contributed by atoms with E-state index in [1.165, 1.54) is 22.1 Å². The third kappa shape index (κ3) is 2.85. The number of halogens is 1. The number of benzene rings is 1. The van der Waals surface area contributed by atoms with Crippen LogP contribution in [0.2, 0.25) is 5.15 Å². The van der Waals surface area contributed by atoms with Gasteiger partial charge in [-0.25, -0.2) is 15.0 Å². The predicted molar refractivity (Wildman–Crippen MR) is 117 cm³/mol. The zero-order valence-electron chi connectivity index (χ0n) is 16.2. The highest BCUT2D eigenvalue weighted by molar-refractivity contribution is 7.26. The number of hydrogen-bond acceptors (Lipinski definition) is 5. The van der Waals surface area contributed by atoms with E-state index in [0.717, 1.165) is 40.3 Å². The Morgan fingerprint density at radius 3 is 2.64 bits per heavy atom. The summed E-state index contributed by atoms with van der Waals surface area (Å²) in [5, 5.41) is 1.68. The normalized spacial score (nSPS) is 15.3. The van der Waals surface area contributed by atoms with E-state index in [1.54, 1.807) is 17.7 Å². The summed E-state index contributed by atoms with van der Waals surface area (Å²) in [4.78, 5) is 17.1. The van der Waals surface area contributed by atoms with Gasteiger partial charge in [0.2, 0.25) is 0 Å². The third-order valence-electron chi connectivity index (χ3n) is 5.49. The molecule has 3 aromatic heterocycles. The molecule has 6 heteroatoms. The molecule has 0 amide bonds. The molecule has 28 heavy (non-hydrogen) atoms. The molecule has 0 spiro atoms. The molecule has 0 radical (unpaired) electrons. The molecular weight excluding hydrogens is 388 g/mol. The molecule has 0 saturated carbocycles. The van der Waals surface area contributed by atoms with Crippen molar-refractivity contribution in [2.45, 2.75) is 33.2 Å². The average Bonchev–Trinajstić information content (AvgIpc) is 3.18. The van der Waals surface area contributed by atoms with Crippen LogP contribution in [0.5, 0.6) is 0 Å². The number of thiophene rings is 1.